The second kappa shape index (κ2) is 6.39. The number of allylic oxidation sites excluding steroid dienone is 1. The number of hydrogen-bond donors (Lipinski definition) is 1. The highest BCUT2D eigenvalue weighted by Crippen LogP contribution is 2.17. The Balaban J connectivity index is 2.72. The molecule has 0 fully saturated rings. The average molecular weight is 250 g/mol. The molecule has 6 nitrogen and oxygen atoms in total. The van der Waals surface area contributed by atoms with Crippen molar-refractivity contribution < 1.29 is 14.5 Å². The largest absolute Gasteiger partial charge is 0.466 e. The molecule has 0 saturated heterocycles. The number of carbonyl (C=O) groups excluding carboxylic acids is 1. The van der Waals surface area contributed by atoms with Crippen molar-refractivity contribution >= 4 is 11.7 Å². The van der Waals surface area contributed by atoms with Crippen LogP contribution in [0.2, 0.25) is 0 Å². The first kappa shape index (κ1) is 13.7. The molecule has 0 radical (unpaired) electrons. The van der Waals surface area contributed by atoms with Gasteiger partial charge in [0.2, 0.25) is 0 Å². The first-order chi connectivity index (χ1) is 8.54. The average Bonchev–Trinajstić information content (AvgIpc) is 2.36. The standard InChI is InChI=1S/C12H14N2O4/c1-9(7-12(15)18-2)13-8-10-5-3-4-6-11(10)14(16)17/h3-7,13H,8H2,1-2H3/b9-7+. The number of nitrogens with zero attached hydrogens (tertiary/aromatic N) is 1. The fourth-order valence-corrected chi connectivity index (χ4v) is 1.36. The van der Waals surface area contributed by atoms with Crippen LogP contribution in [0.3, 0.4) is 0 Å². The number of rotatable bonds is 5. The maximum Gasteiger partial charge on any atom is 0.332 e. The van der Waals surface area contributed by atoms with Crippen molar-refractivity contribution in [3.8, 4) is 0 Å². The first-order valence-corrected chi connectivity index (χ1v) is 5.27. The summed E-state index contributed by atoms with van der Waals surface area (Å²) in [5.74, 6) is -0.470. The van der Waals surface area contributed by atoms with Gasteiger partial charge in [-0.15, -0.1) is 0 Å². The Morgan fingerprint density at radius 3 is 2.78 bits per heavy atom. The summed E-state index contributed by atoms with van der Waals surface area (Å²) in [6, 6.07) is 6.44. The summed E-state index contributed by atoms with van der Waals surface area (Å²) in [5, 5.41) is 13.7. The molecule has 0 atom stereocenters. The normalized spacial score (nSPS) is 10.9. The van der Waals surface area contributed by atoms with Crippen molar-refractivity contribution in [3.63, 3.8) is 0 Å². The van der Waals surface area contributed by atoms with Crippen LogP contribution < -0.4 is 5.32 Å². The highest BCUT2D eigenvalue weighted by molar-refractivity contribution is 5.82. The number of hydrogen-bond acceptors (Lipinski definition) is 5. The van der Waals surface area contributed by atoms with Crippen molar-refractivity contribution in [2.45, 2.75) is 13.5 Å². The Labute approximate surface area is 104 Å². The van der Waals surface area contributed by atoms with Gasteiger partial charge in [-0.25, -0.2) is 4.79 Å². The van der Waals surface area contributed by atoms with E-state index in [4.69, 9.17) is 0 Å². The highest BCUT2D eigenvalue weighted by Gasteiger charge is 2.11. The van der Waals surface area contributed by atoms with Crippen LogP contribution in [0, 0.1) is 10.1 Å². The van der Waals surface area contributed by atoms with Gasteiger partial charge in [0.05, 0.1) is 12.0 Å². The van der Waals surface area contributed by atoms with Gasteiger partial charge < -0.3 is 10.1 Å². The van der Waals surface area contributed by atoms with Crippen molar-refractivity contribution in [2.24, 2.45) is 0 Å². The molecule has 0 amide bonds. The van der Waals surface area contributed by atoms with Crippen molar-refractivity contribution in [2.75, 3.05) is 7.11 Å². The summed E-state index contributed by atoms with van der Waals surface area (Å²) in [5.41, 5.74) is 1.19. The highest BCUT2D eigenvalue weighted by atomic mass is 16.6. The molecule has 0 aliphatic rings. The second-order valence-electron chi connectivity index (χ2n) is 3.59. The Bertz CT molecular complexity index is 483. The van der Waals surface area contributed by atoms with Crippen LogP contribution in [0.4, 0.5) is 5.69 Å². The number of para-hydroxylation sites is 1. The van der Waals surface area contributed by atoms with Crippen LogP contribution in [-0.2, 0) is 16.1 Å². The van der Waals surface area contributed by atoms with E-state index in [-0.39, 0.29) is 12.2 Å². The molecular formula is C12H14N2O4. The van der Waals surface area contributed by atoms with E-state index >= 15 is 0 Å². The zero-order valence-electron chi connectivity index (χ0n) is 10.2. The molecule has 1 aromatic rings. The zero-order valence-corrected chi connectivity index (χ0v) is 10.2. The summed E-state index contributed by atoms with van der Waals surface area (Å²) in [7, 11) is 1.29. The van der Waals surface area contributed by atoms with Crippen LogP contribution >= 0.6 is 0 Å². The molecule has 0 saturated carbocycles. The van der Waals surface area contributed by atoms with E-state index in [0.29, 0.717) is 11.3 Å². The predicted molar refractivity (Wildman–Crippen MR) is 65.7 cm³/mol. The third kappa shape index (κ3) is 3.89. The fourth-order valence-electron chi connectivity index (χ4n) is 1.36. The molecule has 0 aliphatic carbocycles. The van der Waals surface area contributed by atoms with Crippen LogP contribution in [0.25, 0.3) is 0 Å². The van der Waals surface area contributed by atoms with Crippen molar-refractivity contribution in [1.82, 2.24) is 5.32 Å². The fraction of sp³-hybridized carbons (Fsp3) is 0.250. The van der Waals surface area contributed by atoms with Gasteiger partial charge in [-0.05, 0) is 6.92 Å². The van der Waals surface area contributed by atoms with E-state index in [1.165, 1.54) is 19.3 Å². The van der Waals surface area contributed by atoms with E-state index in [1.54, 1.807) is 25.1 Å². The van der Waals surface area contributed by atoms with Gasteiger partial charge >= 0.3 is 5.97 Å². The summed E-state index contributed by atoms with van der Waals surface area (Å²) in [6.07, 6.45) is 1.29. The molecule has 18 heavy (non-hydrogen) atoms. The molecule has 1 N–H and O–H groups in total. The Morgan fingerprint density at radius 2 is 2.17 bits per heavy atom. The lowest BCUT2D eigenvalue weighted by atomic mass is 10.2. The van der Waals surface area contributed by atoms with Gasteiger partial charge in [-0.2, -0.15) is 0 Å². The quantitative estimate of drug-likeness (QED) is 0.372. The molecule has 0 spiro atoms. The monoisotopic (exact) mass is 250 g/mol. The van der Waals surface area contributed by atoms with Crippen LogP contribution in [0.5, 0.6) is 0 Å². The number of esters is 1. The van der Waals surface area contributed by atoms with Crippen LogP contribution in [-0.4, -0.2) is 18.0 Å². The molecule has 0 heterocycles. The minimum Gasteiger partial charge on any atom is -0.466 e. The lowest BCUT2D eigenvalue weighted by Gasteiger charge is -2.06. The third-order valence-corrected chi connectivity index (χ3v) is 2.28. The van der Waals surface area contributed by atoms with Gasteiger partial charge in [0.15, 0.2) is 0 Å². The number of nitrogens with one attached hydrogen (secondary N) is 1. The summed E-state index contributed by atoms with van der Waals surface area (Å²) < 4.78 is 4.47. The van der Waals surface area contributed by atoms with E-state index in [0.717, 1.165) is 0 Å². The van der Waals surface area contributed by atoms with Gasteiger partial charge in [0, 0.05) is 29.9 Å². The maximum atomic E-state index is 11.0. The SMILES string of the molecule is COC(=O)/C=C(\C)NCc1ccccc1[N+](=O)[O-]. The van der Waals surface area contributed by atoms with E-state index in [9.17, 15) is 14.9 Å². The number of benzene rings is 1. The summed E-state index contributed by atoms with van der Waals surface area (Å²) in [6.45, 7) is 1.96. The number of nitro groups is 1. The van der Waals surface area contributed by atoms with E-state index in [1.807, 2.05) is 0 Å². The second-order valence-corrected chi connectivity index (χ2v) is 3.59. The lowest BCUT2D eigenvalue weighted by molar-refractivity contribution is -0.385. The molecule has 1 rings (SSSR count). The van der Waals surface area contributed by atoms with Crippen LogP contribution in [0.1, 0.15) is 12.5 Å². The molecule has 0 unspecified atom stereocenters. The Hall–Kier alpha value is -2.37. The molecule has 0 bridgehead atoms. The Kier molecular flexibility index (Phi) is 4.86. The first-order valence-electron chi connectivity index (χ1n) is 5.27. The molecule has 0 aliphatic heterocycles. The number of ether oxygens (including phenoxy) is 1. The molecule has 96 valence electrons. The maximum absolute atomic E-state index is 11.0. The number of methoxy groups -OCH3 is 1. The molecule has 6 heteroatoms. The number of nitro benzene ring substituents is 1. The lowest BCUT2D eigenvalue weighted by Crippen LogP contribution is -2.13. The summed E-state index contributed by atoms with van der Waals surface area (Å²) >= 11 is 0. The molecular weight excluding hydrogens is 236 g/mol. The minimum absolute atomic E-state index is 0.0517. The number of carbonyl (C=O) groups is 1. The van der Waals surface area contributed by atoms with Gasteiger partial charge in [0.25, 0.3) is 5.69 Å². The Morgan fingerprint density at radius 1 is 1.50 bits per heavy atom. The van der Waals surface area contributed by atoms with E-state index < -0.39 is 10.9 Å². The van der Waals surface area contributed by atoms with Gasteiger partial charge in [-0.3, -0.25) is 10.1 Å². The van der Waals surface area contributed by atoms with Gasteiger partial charge in [0.1, 0.15) is 0 Å². The molecule has 1 aromatic carbocycles. The molecule has 0 aromatic heterocycles. The minimum atomic E-state index is -0.470. The third-order valence-electron chi connectivity index (χ3n) is 2.28. The zero-order chi connectivity index (χ0) is 13.5. The topological polar surface area (TPSA) is 81.5 Å². The smallest absolute Gasteiger partial charge is 0.332 e. The van der Waals surface area contributed by atoms with Crippen molar-refractivity contribution in [3.05, 3.63) is 51.7 Å². The van der Waals surface area contributed by atoms with Gasteiger partial charge in [-0.1, -0.05) is 18.2 Å². The van der Waals surface area contributed by atoms with Crippen molar-refractivity contribution in [1.29, 1.82) is 0 Å². The summed E-state index contributed by atoms with van der Waals surface area (Å²) in [4.78, 5) is 21.3. The van der Waals surface area contributed by atoms with E-state index in [2.05, 4.69) is 10.1 Å². The predicted octanol–water partition coefficient (Wildman–Crippen LogP) is 1.76. The van der Waals surface area contributed by atoms with Crippen LogP contribution in [0.15, 0.2) is 36.0 Å².